The molecule has 4 heteroatoms. The molecule has 1 saturated carbocycles. The largest absolute Gasteiger partial charge is 0.432 e. The Morgan fingerprint density at radius 2 is 1.60 bits per heavy atom. The van der Waals surface area contributed by atoms with E-state index in [1.165, 1.54) is 82.3 Å². The minimum absolute atomic E-state index is 0.330. The van der Waals surface area contributed by atoms with Gasteiger partial charge < -0.3 is 4.74 Å². The number of hydrogen-bond donors (Lipinski definition) is 0. The van der Waals surface area contributed by atoms with Crippen molar-refractivity contribution in [2.45, 2.75) is 90.6 Å². The predicted molar refractivity (Wildman–Crippen MR) is 118 cm³/mol. The van der Waals surface area contributed by atoms with Gasteiger partial charge in [0.2, 0.25) is 0 Å². The first kappa shape index (κ1) is 23.0. The van der Waals surface area contributed by atoms with Crippen LogP contribution >= 0.6 is 0 Å². The lowest BCUT2D eigenvalue weighted by Crippen LogP contribution is -2.15. The number of hydrogen-bond acceptors (Lipinski definition) is 1. The lowest BCUT2D eigenvalue weighted by atomic mass is 9.77. The third-order valence-corrected chi connectivity index (χ3v) is 6.72. The normalized spacial score (nSPS) is 19.5. The first-order valence-electron chi connectivity index (χ1n) is 11.7. The molecule has 0 aliphatic heterocycles. The van der Waals surface area contributed by atoms with Crippen molar-refractivity contribution in [3.8, 4) is 5.75 Å². The topological polar surface area (TPSA) is 9.23 Å². The van der Waals surface area contributed by atoms with Crippen LogP contribution in [0.25, 0.3) is 10.8 Å². The van der Waals surface area contributed by atoms with Gasteiger partial charge >= 0.3 is 6.61 Å². The number of halogens is 3. The molecule has 1 nitrogen and oxygen atoms in total. The summed E-state index contributed by atoms with van der Waals surface area (Å²) in [5.41, 5.74) is 1.18. The van der Waals surface area contributed by atoms with E-state index in [9.17, 15) is 13.2 Å². The molecule has 0 heterocycles. The minimum Gasteiger partial charge on any atom is -0.432 e. The summed E-state index contributed by atoms with van der Waals surface area (Å²) in [5, 5.41) is 1.06. The van der Waals surface area contributed by atoms with E-state index in [1.807, 2.05) is 12.1 Å². The monoisotopic (exact) mass is 420 g/mol. The van der Waals surface area contributed by atoms with Gasteiger partial charge in [-0.1, -0.05) is 95.4 Å². The first-order chi connectivity index (χ1) is 14.6. The maximum absolute atomic E-state index is 14.4. The third-order valence-electron chi connectivity index (χ3n) is 6.72. The van der Waals surface area contributed by atoms with Crippen molar-refractivity contribution < 1.29 is 17.9 Å². The maximum atomic E-state index is 14.4. The molecule has 3 rings (SSSR count). The van der Waals surface area contributed by atoms with Crippen molar-refractivity contribution in [1.82, 2.24) is 0 Å². The van der Waals surface area contributed by atoms with Gasteiger partial charge in [-0.2, -0.15) is 8.78 Å². The Bertz CT molecular complexity index is 781. The van der Waals surface area contributed by atoms with E-state index in [1.54, 1.807) is 12.1 Å². The Morgan fingerprint density at radius 1 is 0.900 bits per heavy atom. The number of rotatable bonds is 11. The van der Waals surface area contributed by atoms with Crippen LogP contribution in [0.4, 0.5) is 13.2 Å². The summed E-state index contributed by atoms with van der Waals surface area (Å²) in [6, 6.07) is 8.53. The van der Waals surface area contributed by atoms with Crippen LogP contribution in [0.5, 0.6) is 5.75 Å². The van der Waals surface area contributed by atoms with E-state index in [-0.39, 0.29) is 0 Å². The lowest BCUT2D eigenvalue weighted by Gasteiger charge is -2.28. The van der Waals surface area contributed by atoms with Gasteiger partial charge in [-0.05, 0) is 41.7 Å². The molecule has 0 amide bonds. The van der Waals surface area contributed by atoms with Crippen LogP contribution in [-0.2, 0) is 6.42 Å². The fourth-order valence-electron chi connectivity index (χ4n) is 4.88. The standard InChI is InChI=1S/C26H35F3O/c1-2-3-4-5-6-7-19-8-10-20(11-9-19)12-13-21-14-16-23-22(18-21)15-17-24(25(23)27)30-26(28)29/h14-20,26H,2-13H2,1H3. The molecule has 2 aromatic rings. The molecule has 1 aliphatic carbocycles. The Kier molecular flexibility index (Phi) is 8.89. The summed E-state index contributed by atoms with van der Waals surface area (Å²) in [5.74, 6) is 0.603. The Hall–Kier alpha value is -1.71. The zero-order valence-corrected chi connectivity index (χ0v) is 18.1. The number of benzene rings is 2. The van der Waals surface area contributed by atoms with E-state index < -0.39 is 18.2 Å². The van der Waals surface area contributed by atoms with Crippen molar-refractivity contribution >= 4 is 10.8 Å². The van der Waals surface area contributed by atoms with Gasteiger partial charge in [0.15, 0.2) is 11.6 Å². The Balaban J connectivity index is 1.45. The van der Waals surface area contributed by atoms with Gasteiger partial charge in [0.1, 0.15) is 0 Å². The average Bonchev–Trinajstić information content (AvgIpc) is 2.75. The molecule has 0 spiro atoms. The van der Waals surface area contributed by atoms with Crippen molar-refractivity contribution in [3.63, 3.8) is 0 Å². The minimum atomic E-state index is -3.02. The fourth-order valence-corrected chi connectivity index (χ4v) is 4.88. The second-order valence-electron chi connectivity index (χ2n) is 8.94. The van der Waals surface area contributed by atoms with E-state index >= 15 is 0 Å². The van der Waals surface area contributed by atoms with Crippen molar-refractivity contribution in [3.05, 3.63) is 41.7 Å². The molecule has 0 radical (unpaired) electrons. The number of fused-ring (bicyclic) bond motifs is 1. The van der Waals surface area contributed by atoms with Gasteiger partial charge in [-0.3, -0.25) is 0 Å². The molecule has 0 unspecified atom stereocenters. The summed E-state index contributed by atoms with van der Waals surface area (Å²) in [6.07, 6.45) is 15.8. The molecule has 0 bridgehead atoms. The van der Waals surface area contributed by atoms with Gasteiger partial charge in [-0.25, -0.2) is 4.39 Å². The highest BCUT2D eigenvalue weighted by atomic mass is 19.3. The van der Waals surface area contributed by atoms with Crippen LogP contribution in [0, 0.1) is 17.7 Å². The van der Waals surface area contributed by atoms with Crippen LogP contribution in [-0.4, -0.2) is 6.61 Å². The number of ether oxygens (including phenoxy) is 1. The average molecular weight is 421 g/mol. The molecular weight excluding hydrogens is 385 g/mol. The van der Waals surface area contributed by atoms with E-state index in [4.69, 9.17) is 0 Å². The van der Waals surface area contributed by atoms with Crippen LogP contribution in [0.2, 0.25) is 0 Å². The van der Waals surface area contributed by atoms with Gasteiger partial charge in [-0.15, -0.1) is 0 Å². The van der Waals surface area contributed by atoms with E-state index in [0.29, 0.717) is 5.39 Å². The highest BCUT2D eigenvalue weighted by Crippen LogP contribution is 2.35. The van der Waals surface area contributed by atoms with Crippen molar-refractivity contribution in [2.75, 3.05) is 0 Å². The molecule has 1 fully saturated rings. The Labute approximate surface area is 179 Å². The third kappa shape index (κ3) is 6.65. The molecule has 30 heavy (non-hydrogen) atoms. The second kappa shape index (κ2) is 11.6. The number of unbranched alkanes of at least 4 members (excludes halogenated alkanes) is 4. The molecule has 1 aliphatic rings. The molecular formula is C26H35F3O. The maximum Gasteiger partial charge on any atom is 0.387 e. The van der Waals surface area contributed by atoms with Crippen molar-refractivity contribution in [1.29, 1.82) is 0 Å². The van der Waals surface area contributed by atoms with Gasteiger partial charge in [0, 0.05) is 5.39 Å². The molecule has 166 valence electrons. The second-order valence-corrected chi connectivity index (χ2v) is 8.94. The van der Waals surface area contributed by atoms with Crippen LogP contribution in [0.1, 0.15) is 83.1 Å². The highest BCUT2D eigenvalue weighted by molar-refractivity contribution is 5.85. The lowest BCUT2D eigenvalue weighted by molar-refractivity contribution is -0.0520. The quantitative estimate of drug-likeness (QED) is 0.330. The molecule has 0 saturated heterocycles. The summed E-state index contributed by atoms with van der Waals surface area (Å²) in [4.78, 5) is 0. The van der Waals surface area contributed by atoms with E-state index in [2.05, 4.69) is 11.7 Å². The summed E-state index contributed by atoms with van der Waals surface area (Å²) in [7, 11) is 0. The predicted octanol–water partition coefficient (Wildman–Crippen LogP) is 8.68. The summed E-state index contributed by atoms with van der Waals surface area (Å²) in [6.45, 7) is -0.758. The summed E-state index contributed by atoms with van der Waals surface area (Å²) < 4.78 is 43.4. The van der Waals surface area contributed by atoms with Crippen LogP contribution in [0.3, 0.4) is 0 Å². The Morgan fingerprint density at radius 3 is 2.30 bits per heavy atom. The van der Waals surface area contributed by atoms with E-state index in [0.717, 1.165) is 23.6 Å². The first-order valence-corrected chi connectivity index (χ1v) is 11.7. The number of aryl methyl sites for hydroxylation is 1. The van der Waals surface area contributed by atoms with Gasteiger partial charge in [0.25, 0.3) is 0 Å². The molecule has 0 N–H and O–H groups in total. The van der Waals surface area contributed by atoms with Crippen molar-refractivity contribution in [2.24, 2.45) is 11.8 Å². The fraction of sp³-hybridized carbons (Fsp3) is 0.615. The van der Waals surface area contributed by atoms with Crippen LogP contribution in [0.15, 0.2) is 30.3 Å². The van der Waals surface area contributed by atoms with Gasteiger partial charge in [0.05, 0.1) is 0 Å². The molecule has 0 aromatic heterocycles. The zero-order chi connectivity index (χ0) is 21.3. The van der Waals surface area contributed by atoms with Crippen LogP contribution < -0.4 is 4.74 Å². The highest BCUT2D eigenvalue weighted by Gasteiger charge is 2.21. The number of alkyl halides is 2. The zero-order valence-electron chi connectivity index (χ0n) is 18.1. The SMILES string of the molecule is CCCCCCCC1CCC(CCc2ccc3c(F)c(OC(F)F)ccc3c2)CC1. The molecule has 2 aromatic carbocycles. The molecule has 0 atom stereocenters. The summed E-state index contributed by atoms with van der Waals surface area (Å²) >= 11 is 0. The smallest absolute Gasteiger partial charge is 0.387 e.